The average molecular weight is 515 g/mol. The number of carbonyl (C=O) groups excluding carboxylic acids is 1. The Hall–Kier alpha value is -3.54. The second-order valence-corrected chi connectivity index (χ2v) is 9.99. The molecule has 1 amide bonds. The van der Waals surface area contributed by atoms with Crippen LogP contribution in [0.25, 0.3) is 33.3 Å². The Bertz CT molecular complexity index is 1550. The largest absolute Gasteiger partial charge is 0.350 e. The molecule has 7 heteroatoms. The Morgan fingerprint density at radius 1 is 0.917 bits per heavy atom. The Kier molecular flexibility index (Phi) is 6.04. The molecule has 1 saturated heterocycles. The maximum Gasteiger partial charge on any atom is 0.271 e. The van der Waals surface area contributed by atoms with E-state index in [4.69, 9.17) is 28.3 Å². The lowest BCUT2D eigenvalue weighted by Crippen LogP contribution is -2.28. The summed E-state index contributed by atoms with van der Waals surface area (Å²) in [5.41, 5.74) is 6.23. The van der Waals surface area contributed by atoms with Crippen molar-refractivity contribution < 1.29 is 4.79 Å². The summed E-state index contributed by atoms with van der Waals surface area (Å²) in [6.45, 7) is 2.07. The summed E-state index contributed by atoms with van der Waals surface area (Å²) in [5.74, 6) is 0.00748. The second-order valence-electron chi connectivity index (χ2n) is 9.12. The predicted octanol–water partition coefficient (Wildman–Crippen LogP) is 7.29. The van der Waals surface area contributed by atoms with Gasteiger partial charge in [0.15, 0.2) is 0 Å². The van der Waals surface area contributed by atoms with Gasteiger partial charge in [0.2, 0.25) is 0 Å². The minimum Gasteiger partial charge on any atom is -0.350 e. The van der Waals surface area contributed by atoms with E-state index >= 15 is 0 Å². The highest BCUT2D eigenvalue weighted by Crippen LogP contribution is 2.40. The fourth-order valence-corrected chi connectivity index (χ4v) is 5.31. The van der Waals surface area contributed by atoms with Crippen LogP contribution in [0.15, 0.2) is 79.0 Å². The first-order chi connectivity index (χ1) is 17.6. The van der Waals surface area contributed by atoms with E-state index in [1.165, 1.54) is 0 Å². The van der Waals surface area contributed by atoms with Crippen molar-refractivity contribution in [1.82, 2.24) is 19.7 Å². The first kappa shape index (κ1) is 22.9. The summed E-state index contributed by atoms with van der Waals surface area (Å²) in [5, 5.41) is 7.06. The molecule has 0 bridgehead atoms. The van der Waals surface area contributed by atoms with Crippen molar-refractivity contribution in [3.8, 4) is 22.4 Å². The molecule has 0 atom stereocenters. The van der Waals surface area contributed by atoms with Crippen LogP contribution >= 0.6 is 23.2 Å². The van der Waals surface area contributed by atoms with Gasteiger partial charge in [-0.1, -0.05) is 71.7 Å². The van der Waals surface area contributed by atoms with Crippen molar-refractivity contribution >= 4 is 40.0 Å². The number of hydrogen-bond acceptors (Lipinski definition) is 2. The van der Waals surface area contributed by atoms with Crippen molar-refractivity contribution in [2.24, 2.45) is 0 Å². The number of rotatable bonds is 5. The van der Waals surface area contributed by atoms with Crippen molar-refractivity contribution in [2.45, 2.75) is 19.4 Å². The molecule has 36 heavy (non-hydrogen) atoms. The average Bonchev–Trinajstić information content (AvgIpc) is 3.64. The van der Waals surface area contributed by atoms with E-state index in [-0.39, 0.29) is 5.91 Å². The van der Waals surface area contributed by atoms with E-state index in [1.54, 1.807) is 0 Å². The van der Waals surface area contributed by atoms with Gasteiger partial charge < -0.3 is 9.88 Å². The summed E-state index contributed by atoms with van der Waals surface area (Å²) >= 11 is 12.5. The van der Waals surface area contributed by atoms with E-state index in [2.05, 4.69) is 17.1 Å². The van der Waals surface area contributed by atoms with Gasteiger partial charge in [-0.05, 0) is 48.2 Å². The maximum absolute atomic E-state index is 13.8. The molecule has 0 radical (unpaired) electrons. The molecule has 0 aliphatic carbocycles. The number of aromatic nitrogens is 3. The van der Waals surface area contributed by atoms with Gasteiger partial charge in [0.05, 0.1) is 18.4 Å². The smallest absolute Gasteiger partial charge is 0.271 e. The minimum absolute atomic E-state index is 0.00748. The summed E-state index contributed by atoms with van der Waals surface area (Å²) < 4.78 is 1.98. The molecule has 1 N–H and O–H groups in total. The van der Waals surface area contributed by atoms with E-state index in [0.29, 0.717) is 22.3 Å². The summed E-state index contributed by atoms with van der Waals surface area (Å²) in [4.78, 5) is 19.1. The lowest BCUT2D eigenvalue weighted by Gasteiger charge is -2.17. The lowest BCUT2D eigenvalue weighted by atomic mass is 9.98. The van der Waals surface area contributed by atoms with Crippen LogP contribution in [0.1, 0.15) is 28.9 Å². The number of amides is 1. The van der Waals surface area contributed by atoms with Crippen molar-refractivity contribution in [3.05, 3.63) is 100 Å². The first-order valence-electron chi connectivity index (χ1n) is 12.0. The highest BCUT2D eigenvalue weighted by molar-refractivity contribution is 6.31. The van der Waals surface area contributed by atoms with E-state index < -0.39 is 0 Å². The van der Waals surface area contributed by atoms with Gasteiger partial charge in [-0.15, -0.1) is 0 Å². The lowest BCUT2D eigenvalue weighted by molar-refractivity contribution is 0.0788. The van der Waals surface area contributed by atoms with Crippen LogP contribution in [0, 0.1) is 0 Å². The molecule has 180 valence electrons. The molecule has 6 rings (SSSR count). The highest BCUT2D eigenvalue weighted by Gasteiger charge is 2.29. The predicted molar refractivity (Wildman–Crippen MR) is 146 cm³/mol. The quantitative estimate of drug-likeness (QED) is 0.267. The summed E-state index contributed by atoms with van der Waals surface area (Å²) in [7, 11) is 0. The van der Waals surface area contributed by atoms with Crippen molar-refractivity contribution in [1.29, 1.82) is 0 Å². The van der Waals surface area contributed by atoms with Crippen LogP contribution in [0.5, 0.6) is 0 Å². The normalized spacial score (nSPS) is 13.6. The standard InChI is InChI=1S/C29H24Cl2N4O/c30-21-10-8-19(9-11-21)18-35-28(24(17-32-35)20-6-2-1-3-7-20)26-23-13-12-22(31)16-25(23)33-27(26)29(36)34-14-4-5-15-34/h1-3,6-13,16-17,33H,4-5,14-15,18H2. The van der Waals surface area contributed by atoms with Crippen LogP contribution in [0.2, 0.25) is 10.0 Å². The molecular weight excluding hydrogens is 491 g/mol. The molecule has 3 aromatic carbocycles. The number of hydrogen-bond donors (Lipinski definition) is 1. The number of nitrogens with zero attached hydrogens (tertiary/aromatic N) is 3. The number of aromatic amines is 1. The monoisotopic (exact) mass is 514 g/mol. The molecule has 5 aromatic rings. The third-order valence-electron chi connectivity index (χ3n) is 6.77. The van der Waals surface area contributed by atoms with Crippen LogP contribution < -0.4 is 0 Å². The van der Waals surface area contributed by atoms with Crippen molar-refractivity contribution in [3.63, 3.8) is 0 Å². The van der Waals surface area contributed by atoms with Gasteiger partial charge in [0, 0.05) is 45.2 Å². The fourth-order valence-electron chi connectivity index (χ4n) is 5.02. The SMILES string of the molecule is O=C(c1[nH]c2cc(Cl)ccc2c1-c1c(-c2ccccc2)cnn1Cc1ccc(Cl)cc1)N1CCCC1. The fraction of sp³-hybridized carbons (Fsp3) is 0.172. The molecule has 1 aliphatic heterocycles. The zero-order valence-electron chi connectivity index (χ0n) is 19.5. The molecule has 0 spiro atoms. The van der Waals surface area contributed by atoms with Crippen LogP contribution in [-0.2, 0) is 6.54 Å². The molecular formula is C29H24Cl2N4O. The minimum atomic E-state index is 0.00748. The molecule has 3 heterocycles. The molecule has 1 aliphatic rings. The van der Waals surface area contributed by atoms with Gasteiger partial charge in [-0.3, -0.25) is 9.48 Å². The summed E-state index contributed by atoms with van der Waals surface area (Å²) in [6.07, 6.45) is 3.94. The zero-order valence-corrected chi connectivity index (χ0v) is 21.1. The third-order valence-corrected chi connectivity index (χ3v) is 7.26. The van der Waals surface area contributed by atoms with Gasteiger partial charge >= 0.3 is 0 Å². The molecule has 0 unspecified atom stereocenters. The van der Waals surface area contributed by atoms with E-state index in [9.17, 15) is 4.79 Å². The molecule has 1 fully saturated rings. The van der Waals surface area contributed by atoms with Gasteiger partial charge in [-0.2, -0.15) is 5.10 Å². The Labute approximate surface area is 219 Å². The van der Waals surface area contributed by atoms with Crippen LogP contribution in [-0.4, -0.2) is 38.7 Å². The molecule has 0 saturated carbocycles. The van der Waals surface area contributed by atoms with Crippen LogP contribution in [0.4, 0.5) is 0 Å². The summed E-state index contributed by atoms with van der Waals surface area (Å²) in [6, 6.07) is 23.7. The second kappa shape index (κ2) is 9.49. The highest BCUT2D eigenvalue weighted by atomic mass is 35.5. The van der Waals surface area contributed by atoms with Gasteiger partial charge in [-0.25, -0.2) is 0 Å². The van der Waals surface area contributed by atoms with E-state index in [0.717, 1.165) is 64.8 Å². The first-order valence-corrected chi connectivity index (χ1v) is 12.8. The van der Waals surface area contributed by atoms with Crippen molar-refractivity contribution in [2.75, 3.05) is 13.1 Å². The zero-order chi connectivity index (χ0) is 24.6. The maximum atomic E-state index is 13.8. The number of nitrogens with one attached hydrogen (secondary N) is 1. The topological polar surface area (TPSA) is 53.9 Å². The number of carbonyl (C=O) groups is 1. The number of likely N-dealkylation sites (tertiary alicyclic amines) is 1. The van der Waals surface area contributed by atoms with Gasteiger partial charge in [0.1, 0.15) is 5.69 Å². The number of H-pyrrole nitrogens is 1. The Morgan fingerprint density at radius 3 is 2.39 bits per heavy atom. The molecule has 5 nitrogen and oxygen atoms in total. The number of halogens is 2. The Balaban J connectivity index is 1.60. The number of fused-ring (bicyclic) bond motifs is 1. The van der Waals surface area contributed by atoms with Crippen LogP contribution in [0.3, 0.4) is 0 Å². The Morgan fingerprint density at radius 2 is 1.64 bits per heavy atom. The van der Waals surface area contributed by atoms with E-state index in [1.807, 2.05) is 76.4 Å². The number of benzene rings is 3. The molecule has 2 aromatic heterocycles. The van der Waals surface area contributed by atoms with Gasteiger partial charge in [0.25, 0.3) is 5.91 Å². The third kappa shape index (κ3) is 4.19.